The minimum Gasteiger partial charge on any atom is -0.497 e. The lowest BCUT2D eigenvalue weighted by Crippen LogP contribution is -2.52. The molecule has 1 N–H and O–H groups in total. The van der Waals surface area contributed by atoms with E-state index in [0.29, 0.717) is 16.5 Å². The van der Waals surface area contributed by atoms with Crippen LogP contribution in [0.3, 0.4) is 0 Å². The average molecular weight is 600 g/mol. The van der Waals surface area contributed by atoms with Gasteiger partial charge in [-0.1, -0.05) is 36.7 Å². The number of sulfonamides is 1. The van der Waals surface area contributed by atoms with Gasteiger partial charge in [-0.2, -0.15) is 0 Å². The Morgan fingerprint density at radius 3 is 2.27 bits per heavy atom. The van der Waals surface area contributed by atoms with E-state index in [-0.39, 0.29) is 23.4 Å². The molecule has 8 nitrogen and oxygen atoms in total. The number of rotatable bonds is 12. The van der Waals surface area contributed by atoms with Gasteiger partial charge in [0.25, 0.3) is 10.0 Å². The van der Waals surface area contributed by atoms with Gasteiger partial charge in [-0.15, -0.1) is 0 Å². The van der Waals surface area contributed by atoms with Crippen molar-refractivity contribution in [1.82, 2.24) is 10.2 Å². The van der Waals surface area contributed by atoms with Crippen LogP contribution in [0, 0.1) is 13.8 Å². The summed E-state index contributed by atoms with van der Waals surface area (Å²) in [4.78, 5) is 28.6. The van der Waals surface area contributed by atoms with Crippen molar-refractivity contribution in [3.63, 3.8) is 0 Å². The normalized spacial score (nSPS) is 12.8. The third-order valence-corrected chi connectivity index (χ3v) is 9.15. The Kier molecular flexibility index (Phi) is 10.8. The second kappa shape index (κ2) is 13.9. The van der Waals surface area contributed by atoms with Crippen LogP contribution in [0.4, 0.5) is 5.69 Å². The Bertz CT molecular complexity index is 1480. The molecule has 41 heavy (non-hydrogen) atoms. The molecule has 0 aliphatic carbocycles. The first-order valence-corrected chi connectivity index (χ1v) is 15.3. The first-order chi connectivity index (χ1) is 19.4. The molecule has 0 fully saturated rings. The summed E-state index contributed by atoms with van der Waals surface area (Å²) in [6.45, 7) is 8.85. The minimum atomic E-state index is -4.17. The molecule has 3 aromatic rings. The molecular weight excluding hydrogens is 562 g/mol. The number of hydrogen-bond acceptors (Lipinski definition) is 5. The molecule has 0 radical (unpaired) electrons. The summed E-state index contributed by atoms with van der Waals surface area (Å²) in [7, 11) is -2.63. The Balaban J connectivity index is 2.06. The maximum absolute atomic E-state index is 14.1. The second-order valence-electron chi connectivity index (χ2n) is 10.1. The molecule has 3 aromatic carbocycles. The lowest BCUT2D eigenvalue weighted by Gasteiger charge is -2.32. The SMILES string of the molecule is CC[C@H](C)NC(=O)[C@H](C)N(Cc1cccc(OC)c1)C(=O)CN(c1ccc(C)c(C)c1)S(=O)(=O)c1ccc(Cl)cc1. The smallest absolute Gasteiger partial charge is 0.264 e. The van der Waals surface area contributed by atoms with Crippen molar-refractivity contribution in [1.29, 1.82) is 0 Å². The third kappa shape index (κ3) is 8.01. The van der Waals surface area contributed by atoms with Gasteiger partial charge in [0, 0.05) is 17.6 Å². The summed E-state index contributed by atoms with van der Waals surface area (Å²) in [5.41, 5.74) is 2.94. The fourth-order valence-corrected chi connectivity index (χ4v) is 5.69. The van der Waals surface area contributed by atoms with E-state index < -0.39 is 28.5 Å². The molecule has 2 amide bonds. The largest absolute Gasteiger partial charge is 0.497 e. The maximum Gasteiger partial charge on any atom is 0.264 e. The summed E-state index contributed by atoms with van der Waals surface area (Å²) in [6, 6.07) is 17.3. The van der Waals surface area contributed by atoms with Crippen LogP contribution in [-0.4, -0.2) is 50.9 Å². The molecule has 0 aromatic heterocycles. The number of anilines is 1. The summed E-state index contributed by atoms with van der Waals surface area (Å²) < 4.78 is 34.3. The van der Waals surface area contributed by atoms with Gasteiger partial charge < -0.3 is 15.0 Å². The number of halogens is 1. The van der Waals surface area contributed by atoms with Crippen LogP contribution >= 0.6 is 11.6 Å². The predicted octanol–water partition coefficient (Wildman–Crippen LogP) is 5.49. The van der Waals surface area contributed by atoms with Gasteiger partial charge in [0.05, 0.1) is 17.7 Å². The van der Waals surface area contributed by atoms with Gasteiger partial charge >= 0.3 is 0 Å². The zero-order valence-electron chi connectivity index (χ0n) is 24.3. The highest BCUT2D eigenvalue weighted by Gasteiger charge is 2.33. The van der Waals surface area contributed by atoms with Crippen molar-refractivity contribution < 1.29 is 22.7 Å². The Morgan fingerprint density at radius 1 is 0.976 bits per heavy atom. The van der Waals surface area contributed by atoms with E-state index in [2.05, 4.69) is 5.32 Å². The molecular formula is C31H38ClN3O5S. The molecule has 0 saturated heterocycles. The first-order valence-electron chi connectivity index (χ1n) is 13.5. The number of nitrogens with zero attached hydrogens (tertiary/aromatic N) is 2. The third-order valence-electron chi connectivity index (χ3n) is 7.11. The molecule has 2 atom stereocenters. The molecule has 0 aliphatic heterocycles. The average Bonchev–Trinajstić information content (AvgIpc) is 2.95. The molecule has 0 unspecified atom stereocenters. The Hall–Kier alpha value is -3.56. The van der Waals surface area contributed by atoms with Gasteiger partial charge in [-0.25, -0.2) is 8.42 Å². The standard InChI is InChI=1S/C31H38ClN3O5S/c1-7-23(4)33-31(37)24(5)34(19-25-9-8-10-28(18-25)40-6)30(36)20-35(27-14-11-21(2)22(3)17-27)41(38,39)29-15-12-26(32)13-16-29/h8-18,23-24H,7,19-20H2,1-6H3,(H,33,37)/t23-,24-/m0/s1. The van der Waals surface area contributed by atoms with Gasteiger partial charge in [0.15, 0.2) is 0 Å². The number of carbonyl (C=O) groups excluding carboxylic acids is 2. The molecule has 10 heteroatoms. The van der Waals surface area contributed by atoms with Crippen LogP contribution < -0.4 is 14.4 Å². The van der Waals surface area contributed by atoms with Crippen LogP contribution in [0.15, 0.2) is 71.6 Å². The van der Waals surface area contributed by atoms with Gasteiger partial charge in [0.2, 0.25) is 11.8 Å². The topological polar surface area (TPSA) is 96.0 Å². The molecule has 220 valence electrons. The van der Waals surface area contributed by atoms with E-state index in [4.69, 9.17) is 16.3 Å². The lowest BCUT2D eigenvalue weighted by molar-refractivity contribution is -0.139. The number of carbonyl (C=O) groups is 2. The van der Waals surface area contributed by atoms with Gasteiger partial charge in [-0.05, 0) is 99.3 Å². The van der Waals surface area contributed by atoms with Gasteiger partial charge in [0.1, 0.15) is 18.3 Å². The van der Waals surface area contributed by atoms with Crippen molar-refractivity contribution in [2.75, 3.05) is 18.0 Å². The van der Waals surface area contributed by atoms with Crippen molar-refractivity contribution in [2.24, 2.45) is 0 Å². The number of hydrogen-bond donors (Lipinski definition) is 1. The van der Waals surface area contributed by atoms with E-state index in [1.165, 1.54) is 29.2 Å². The number of nitrogens with one attached hydrogen (secondary N) is 1. The quantitative estimate of drug-likeness (QED) is 0.297. The first kappa shape index (κ1) is 32.0. The number of amides is 2. The molecule has 3 rings (SSSR count). The number of aryl methyl sites for hydroxylation is 2. The molecule has 0 spiro atoms. The summed E-state index contributed by atoms with van der Waals surface area (Å²) in [5.74, 6) is -0.252. The summed E-state index contributed by atoms with van der Waals surface area (Å²) in [5, 5.41) is 3.32. The van der Waals surface area contributed by atoms with Crippen LogP contribution in [-0.2, 0) is 26.2 Å². The number of methoxy groups -OCH3 is 1. The van der Waals surface area contributed by atoms with Crippen molar-refractivity contribution in [3.8, 4) is 5.75 Å². The monoisotopic (exact) mass is 599 g/mol. The summed E-state index contributed by atoms with van der Waals surface area (Å²) in [6.07, 6.45) is 0.724. The zero-order valence-corrected chi connectivity index (χ0v) is 25.9. The van der Waals surface area contributed by atoms with Crippen LogP contribution in [0.2, 0.25) is 5.02 Å². The van der Waals surface area contributed by atoms with Crippen molar-refractivity contribution in [2.45, 2.75) is 64.6 Å². The molecule has 0 heterocycles. The van der Waals surface area contributed by atoms with E-state index in [1.807, 2.05) is 39.8 Å². The molecule has 0 bridgehead atoms. The highest BCUT2D eigenvalue weighted by molar-refractivity contribution is 7.92. The fourth-order valence-electron chi connectivity index (χ4n) is 4.16. The van der Waals surface area contributed by atoms with E-state index in [0.717, 1.165) is 27.4 Å². The Morgan fingerprint density at radius 2 is 1.66 bits per heavy atom. The van der Waals surface area contributed by atoms with Crippen molar-refractivity contribution >= 4 is 39.1 Å². The number of ether oxygens (including phenoxy) is 1. The highest BCUT2D eigenvalue weighted by Crippen LogP contribution is 2.27. The summed E-state index contributed by atoms with van der Waals surface area (Å²) >= 11 is 6.02. The van der Waals surface area contributed by atoms with Crippen molar-refractivity contribution in [3.05, 3.63) is 88.4 Å². The zero-order chi connectivity index (χ0) is 30.3. The maximum atomic E-state index is 14.1. The second-order valence-corrected chi connectivity index (χ2v) is 12.4. The van der Waals surface area contributed by atoms with E-state index in [1.54, 1.807) is 44.4 Å². The van der Waals surface area contributed by atoms with Crippen LogP contribution in [0.5, 0.6) is 5.75 Å². The fraction of sp³-hybridized carbons (Fsp3) is 0.355. The highest BCUT2D eigenvalue weighted by atomic mass is 35.5. The molecule has 0 saturated carbocycles. The van der Waals surface area contributed by atoms with Crippen LogP contribution in [0.25, 0.3) is 0 Å². The molecule has 0 aliphatic rings. The predicted molar refractivity (Wildman–Crippen MR) is 163 cm³/mol. The van der Waals surface area contributed by atoms with Gasteiger partial charge in [-0.3, -0.25) is 13.9 Å². The number of benzene rings is 3. The Labute approximate surface area is 248 Å². The minimum absolute atomic E-state index is 0.00478. The van der Waals surface area contributed by atoms with E-state index in [9.17, 15) is 18.0 Å². The van der Waals surface area contributed by atoms with E-state index >= 15 is 0 Å². The lowest BCUT2D eigenvalue weighted by atomic mass is 10.1. The van der Waals surface area contributed by atoms with Crippen LogP contribution in [0.1, 0.15) is 43.9 Å².